The van der Waals surface area contributed by atoms with Crippen LogP contribution in [0.4, 0.5) is 217 Å². The minimum Gasteiger partial charge on any atom is -0.339 e. The van der Waals surface area contributed by atoms with Gasteiger partial charge in [-0.1, -0.05) is 54.1 Å². The number of carbonyl (C=O) groups excluding carboxylic acids is 2. The first-order valence-electron chi connectivity index (χ1n) is 25.7. The summed E-state index contributed by atoms with van der Waals surface area (Å²) in [5.41, 5.74) is 6.90. The van der Waals surface area contributed by atoms with E-state index in [4.69, 9.17) is 214 Å². The lowest BCUT2D eigenvalue weighted by atomic mass is 9.80. The summed E-state index contributed by atoms with van der Waals surface area (Å²) in [5.74, 6) is 1.66. The maximum Gasteiger partial charge on any atom is 0.274 e. The summed E-state index contributed by atoms with van der Waals surface area (Å²) in [6.45, 7) is 3.84. The third-order valence-corrected chi connectivity index (χ3v) is 12.8. The van der Waals surface area contributed by atoms with Crippen molar-refractivity contribution in [2.75, 3.05) is 16.9 Å². The first-order chi connectivity index (χ1) is 56.4. The fourth-order valence-corrected chi connectivity index (χ4v) is 8.86. The number of fused-ring (bicyclic) bond motifs is 2. The van der Waals surface area contributed by atoms with Crippen molar-refractivity contribution in [3.05, 3.63) is 169 Å². The number of aromatic nitrogens is 12. The molecule has 2 saturated carbocycles. The summed E-state index contributed by atoms with van der Waals surface area (Å²) in [6.07, 6.45) is 17.5. The average molecular weight is 1850 g/mol. The van der Waals surface area contributed by atoms with Gasteiger partial charge in [0, 0.05) is 273 Å². The number of imidazole rings is 2. The largest absolute Gasteiger partial charge is 0.339 e. The van der Waals surface area contributed by atoms with E-state index in [1.165, 1.54) is 6.20 Å². The Morgan fingerprint density at radius 3 is 1.07 bits per heavy atom. The monoisotopic (exact) mass is 1850 g/mol. The van der Waals surface area contributed by atoms with Gasteiger partial charge in [0.25, 0.3) is 21.9 Å². The molecule has 3 N–H and O–H groups in total. The van der Waals surface area contributed by atoms with Gasteiger partial charge >= 0.3 is 0 Å². The van der Waals surface area contributed by atoms with Crippen molar-refractivity contribution in [3.63, 3.8) is 0 Å². The van der Waals surface area contributed by atoms with Gasteiger partial charge in [-0.2, -0.15) is 28.6 Å². The summed E-state index contributed by atoms with van der Waals surface area (Å²) in [4.78, 5) is 43.4. The standard InChI is InChI=1S/C24H21N7O2.C22H21N5O5S.C3H4N2.CH4.22F2.FH/c1-15-6-7-16(13-19(15)27-23(32)20-14-25-21-5-2-3-9-30(20)21)22-28-24(33-29-22)17-11-18(12-17)31-10-4-8-26-31;1-13-6-7-14(20-25-22(31-26-20)15-9-16(10-15)32-33(2,29)30)11-17(13)24-21(28)18-12-23-19-5-3-4-8-27(18)19;1-2-4-5-3-1;;22*1-2;/h2-10,13-14,17-18H,11-12H2,1H3,(H,27,32);3-8,11-12,15-16H,9-10H2,1-2H3,(H,24,28);1-3H,(H,4,5);1H4;;;;;;;;;;;;;;;;;;;;;;;1H. The highest BCUT2D eigenvalue weighted by atomic mass is 32.2. The Hall–Kier alpha value is -11.8. The number of aromatic amines is 1. The average Bonchev–Trinajstić information content (AvgIpc) is 1.70. The minimum atomic E-state index is -3.48. The predicted molar refractivity (Wildman–Crippen MR) is 317 cm³/mol. The van der Waals surface area contributed by atoms with Gasteiger partial charge in [-0.05, 0) is 99.2 Å². The van der Waals surface area contributed by atoms with Crippen LogP contribution in [0.15, 0.2) is 144 Å². The van der Waals surface area contributed by atoms with Crippen LogP contribution in [0.25, 0.3) is 34.1 Å². The molecule has 117 heavy (non-hydrogen) atoms. The molecule has 67 heteroatoms. The van der Waals surface area contributed by atoms with Crippen molar-refractivity contribution in [3.8, 4) is 22.8 Å². The molecule has 684 valence electrons. The molecule has 0 saturated heterocycles. The predicted octanol–water partition coefficient (Wildman–Crippen LogP) is 27.1. The fraction of sp³-hybridized carbons (Fsp3) is 0.240. The van der Waals surface area contributed by atoms with Gasteiger partial charge in [0.2, 0.25) is 23.4 Å². The maximum atomic E-state index is 12.9. The molecule has 2 aromatic carbocycles. The van der Waals surface area contributed by atoms with Crippen molar-refractivity contribution >= 4 is 44.6 Å². The van der Waals surface area contributed by atoms with Gasteiger partial charge in [0.05, 0.1) is 30.8 Å². The van der Waals surface area contributed by atoms with Crippen molar-refractivity contribution in [1.82, 2.24) is 59.0 Å². The summed E-state index contributed by atoms with van der Waals surface area (Å²) < 4.78 is 396. The Labute approximate surface area is 619 Å². The Morgan fingerprint density at radius 2 is 0.786 bits per heavy atom. The van der Waals surface area contributed by atoms with E-state index >= 15 is 0 Å². The van der Waals surface area contributed by atoms with E-state index in [0.29, 0.717) is 76.3 Å². The lowest BCUT2D eigenvalue weighted by Crippen LogP contribution is -2.31. The molecule has 0 atom stereocenters. The number of rotatable bonds is 11. The number of benzene rings is 2. The number of nitrogens with one attached hydrogen (secondary N) is 3. The van der Waals surface area contributed by atoms with Gasteiger partial charge in [0.1, 0.15) is 22.7 Å². The van der Waals surface area contributed by atoms with Crippen LogP contribution in [0.1, 0.15) is 94.9 Å². The van der Waals surface area contributed by atoms with E-state index in [1.54, 1.807) is 45.9 Å². The second-order valence-electron chi connectivity index (χ2n) is 17.2. The van der Waals surface area contributed by atoms with Gasteiger partial charge in [-0.3, -0.25) is 37.1 Å². The van der Waals surface area contributed by atoms with Crippen LogP contribution in [-0.2, 0) is 14.3 Å². The van der Waals surface area contributed by atoms with E-state index in [0.717, 1.165) is 41.4 Å². The molecule has 8 heterocycles. The van der Waals surface area contributed by atoms with Crippen LogP contribution in [-0.4, -0.2) is 91.6 Å². The molecule has 21 nitrogen and oxygen atoms in total. The Balaban J connectivity index is -0.0000000886. The highest BCUT2D eigenvalue weighted by Gasteiger charge is 2.38. The van der Waals surface area contributed by atoms with Crippen LogP contribution >= 0.6 is 0 Å². The lowest BCUT2D eigenvalue weighted by molar-refractivity contribution is 0.0918. The molecule has 0 aliphatic heterocycles. The van der Waals surface area contributed by atoms with Crippen molar-refractivity contribution in [1.29, 1.82) is 0 Å². The first kappa shape index (κ1) is 140. The second kappa shape index (κ2) is 104. The lowest BCUT2D eigenvalue weighted by Gasteiger charge is -2.32. The molecule has 0 bridgehead atoms. The number of H-pyrrole nitrogens is 1. The molecule has 0 unspecified atom stereocenters. The fourth-order valence-electron chi connectivity index (χ4n) is 8.21. The number of amides is 2. The molecule has 0 radical (unpaired) electrons. The quantitative estimate of drug-likeness (QED) is 0.0803. The van der Waals surface area contributed by atoms with Gasteiger partial charge in [0.15, 0.2) is 0 Å². The molecule has 2 amide bonds. The molecule has 8 aromatic heterocycles. The normalized spacial score (nSPS) is 11.6. The third-order valence-electron chi connectivity index (χ3n) is 12.2. The third kappa shape index (κ3) is 54.6. The summed E-state index contributed by atoms with van der Waals surface area (Å²) in [7, 11) is -3.48. The van der Waals surface area contributed by atoms with Gasteiger partial charge < -0.3 is 19.7 Å². The van der Waals surface area contributed by atoms with Crippen LogP contribution in [0.3, 0.4) is 0 Å². The number of aryl methyl sites for hydroxylation is 2. The Morgan fingerprint density at radius 1 is 0.453 bits per heavy atom. The molecule has 0 spiro atoms. The van der Waals surface area contributed by atoms with Crippen molar-refractivity contribution < 1.29 is 237 Å². The zero-order chi connectivity index (χ0) is 93.1. The number of halogens is 45. The van der Waals surface area contributed by atoms with E-state index in [9.17, 15) is 18.0 Å². The Bertz CT molecular complexity index is 3670. The highest BCUT2D eigenvalue weighted by Crippen LogP contribution is 2.44. The van der Waals surface area contributed by atoms with Crippen molar-refractivity contribution in [2.24, 2.45) is 0 Å². The highest BCUT2D eigenvalue weighted by molar-refractivity contribution is 7.86. The van der Waals surface area contributed by atoms with Crippen LogP contribution in [0.5, 0.6) is 0 Å². The SMILES string of the molecule is C.Cc1ccc(-c2noc(C3CC(OS(C)(=O)=O)C3)n2)cc1NC(=O)c1cnc2ccccn12.Cc1ccc(-c2noc(C3CC(n4cccn4)C3)n2)cc1NC(=O)c1cnc2ccccn12.F.FF.FF.FF.FF.FF.FF.FF.FF.FF.FF.FF.FF.FF.FF.FF.FF.FF.FF.FF.FF.FF.FF.c1cn[nH]c1. The molecular formula is C50H51F45N14O7S. The molecule has 10 aromatic rings. The van der Waals surface area contributed by atoms with Crippen molar-refractivity contribution in [2.45, 2.75) is 70.9 Å². The van der Waals surface area contributed by atoms with E-state index in [1.807, 2.05) is 110 Å². The van der Waals surface area contributed by atoms with E-state index < -0.39 is 10.1 Å². The number of pyridine rings is 2. The number of hydrogen-bond acceptors (Lipinski definition) is 15. The molecule has 12 rings (SSSR count). The zero-order valence-electron chi connectivity index (χ0n) is 55.6. The first-order valence-corrected chi connectivity index (χ1v) is 27.6. The molecular weight excluding hydrogens is 1800 g/mol. The summed E-state index contributed by atoms with van der Waals surface area (Å²) in [5, 5.41) is 24.7. The number of hydrogen-bond donors (Lipinski definition) is 3. The smallest absolute Gasteiger partial charge is 0.274 e. The Kier molecular flexibility index (Phi) is 125. The number of nitrogens with zero attached hydrogens (tertiary/aromatic N) is 11. The van der Waals surface area contributed by atoms with E-state index in [-0.39, 0.29) is 41.9 Å². The zero-order valence-corrected chi connectivity index (χ0v) is 56.4. The maximum absolute atomic E-state index is 12.9. The topological polar surface area (TPSA) is 261 Å². The molecule has 2 aliphatic rings. The minimum absolute atomic E-state index is 0. The number of anilines is 2. The van der Waals surface area contributed by atoms with Crippen LogP contribution < -0.4 is 10.6 Å². The van der Waals surface area contributed by atoms with Crippen LogP contribution in [0, 0.1) is 13.8 Å². The number of carbonyl (C=O) groups is 2. The van der Waals surface area contributed by atoms with Gasteiger partial charge in [-0.15, -0.1) is 0 Å². The summed E-state index contributed by atoms with van der Waals surface area (Å²) >= 11 is 0. The molecule has 2 fully saturated rings. The molecule has 2 aliphatic carbocycles. The van der Waals surface area contributed by atoms with Gasteiger partial charge in [-0.25, -0.2) is 9.97 Å². The summed E-state index contributed by atoms with van der Waals surface area (Å²) in [6, 6.07) is 26.5. The second-order valence-corrected chi connectivity index (χ2v) is 18.8. The van der Waals surface area contributed by atoms with E-state index in [2.05, 4.69) is 56.2 Å². The van der Waals surface area contributed by atoms with Crippen LogP contribution in [0.2, 0.25) is 0 Å².